The Hall–Kier alpha value is -2.09. The van der Waals surface area contributed by atoms with E-state index in [-0.39, 0.29) is 5.78 Å². The second-order valence-corrected chi connectivity index (χ2v) is 4.06. The molecule has 2 aromatic carbocycles. The number of hydrogen-bond donors (Lipinski definition) is 0. The first kappa shape index (κ1) is 12.4. The fourth-order valence-electron chi connectivity index (χ4n) is 1.94. The molecular weight excluding hydrogens is 224 g/mol. The third-order valence-electron chi connectivity index (χ3n) is 2.78. The molecule has 0 bridgehead atoms. The fourth-order valence-corrected chi connectivity index (χ4v) is 1.94. The van der Waals surface area contributed by atoms with Crippen LogP contribution in [-0.2, 0) is 0 Å². The normalized spacial score (nSPS) is 10.1. The number of ketones is 1. The fraction of sp³-hybridized carbons (Fsp3) is 0.188. The van der Waals surface area contributed by atoms with Crippen molar-refractivity contribution in [1.82, 2.24) is 0 Å². The largest absolute Gasteiger partial charge is 0.494 e. The van der Waals surface area contributed by atoms with Crippen molar-refractivity contribution >= 4 is 5.78 Å². The minimum absolute atomic E-state index is 0.0829. The van der Waals surface area contributed by atoms with E-state index in [2.05, 4.69) is 0 Å². The summed E-state index contributed by atoms with van der Waals surface area (Å²) >= 11 is 0. The molecule has 2 rings (SSSR count). The van der Waals surface area contributed by atoms with Crippen molar-refractivity contribution in [2.75, 3.05) is 6.61 Å². The van der Waals surface area contributed by atoms with Crippen molar-refractivity contribution < 1.29 is 9.53 Å². The number of ether oxygens (including phenoxy) is 1. The van der Waals surface area contributed by atoms with Crippen LogP contribution in [0.15, 0.2) is 48.5 Å². The van der Waals surface area contributed by atoms with Gasteiger partial charge < -0.3 is 4.74 Å². The standard InChI is InChI=1S/C16H16O2/c1-3-18-14-10-8-13(9-11-14)16-7-5-4-6-15(16)12(2)17/h4-11H,3H2,1-2H3. The summed E-state index contributed by atoms with van der Waals surface area (Å²) < 4.78 is 5.41. The molecule has 18 heavy (non-hydrogen) atoms. The van der Waals surface area contributed by atoms with E-state index in [4.69, 9.17) is 4.74 Å². The van der Waals surface area contributed by atoms with Gasteiger partial charge in [-0.1, -0.05) is 36.4 Å². The first-order valence-corrected chi connectivity index (χ1v) is 6.05. The molecule has 0 radical (unpaired) electrons. The quantitative estimate of drug-likeness (QED) is 0.756. The number of rotatable bonds is 4. The Labute approximate surface area is 107 Å². The SMILES string of the molecule is CCOc1ccc(-c2ccccc2C(C)=O)cc1. The summed E-state index contributed by atoms with van der Waals surface area (Å²) in [7, 11) is 0. The highest BCUT2D eigenvalue weighted by Crippen LogP contribution is 2.26. The number of benzene rings is 2. The van der Waals surface area contributed by atoms with E-state index in [0.29, 0.717) is 6.61 Å². The van der Waals surface area contributed by atoms with E-state index >= 15 is 0 Å². The van der Waals surface area contributed by atoms with Gasteiger partial charge in [0.1, 0.15) is 5.75 Å². The Morgan fingerprint density at radius 3 is 2.33 bits per heavy atom. The van der Waals surface area contributed by atoms with Crippen LogP contribution in [0.2, 0.25) is 0 Å². The predicted octanol–water partition coefficient (Wildman–Crippen LogP) is 3.95. The first-order valence-electron chi connectivity index (χ1n) is 6.05. The minimum Gasteiger partial charge on any atom is -0.494 e. The Bertz CT molecular complexity index is 541. The highest BCUT2D eigenvalue weighted by atomic mass is 16.5. The molecule has 0 fully saturated rings. The van der Waals surface area contributed by atoms with Crippen LogP contribution in [0.1, 0.15) is 24.2 Å². The molecule has 0 aromatic heterocycles. The molecule has 2 aromatic rings. The summed E-state index contributed by atoms with van der Waals surface area (Å²) in [5.74, 6) is 0.932. The van der Waals surface area contributed by atoms with Gasteiger partial charge in [-0.05, 0) is 37.1 Å². The molecule has 0 N–H and O–H groups in total. The van der Waals surface area contributed by atoms with Crippen molar-refractivity contribution in [3.63, 3.8) is 0 Å². The first-order chi connectivity index (χ1) is 8.72. The van der Waals surface area contributed by atoms with Crippen LogP contribution in [0.4, 0.5) is 0 Å². The van der Waals surface area contributed by atoms with Crippen LogP contribution in [-0.4, -0.2) is 12.4 Å². The summed E-state index contributed by atoms with van der Waals surface area (Å²) in [6.07, 6.45) is 0. The van der Waals surface area contributed by atoms with Crippen molar-refractivity contribution in [1.29, 1.82) is 0 Å². The molecule has 0 atom stereocenters. The predicted molar refractivity (Wildman–Crippen MR) is 73.1 cm³/mol. The van der Waals surface area contributed by atoms with Gasteiger partial charge in [-0.2, -0.15) is 0 Å². The highest BCUT2D eigenvalue weighted by molar-refractivity contribution is 6.00. The molecule has 0 heterocycles. The Morgan fingerprint density at radius 2 is 1.72 bits per heavy atom. The zero-order chi connectivity index (χ0) is 13.0. The average molecular weight is 240 g/mol. The molecule has 92 valence electrons. The number of carbonyl (C=O) groups is 1. The molecule has 0 aliphatic carbocycles. The third kappa shape index (κ3) is 2.59. The van der Waals surface area contributed by atoms with Crippen LogP contribution in [0.5, 0.6) is 5.75 Å². The van der Waals surface area contributed by atoms with E-state index in [1.807, 2.05) is 55.5 Å². The van der Waals surface area contributed by atoms with E-state index < -0.39 is 0 Å². The number of Topliss-reactive ketones (excluding diaryl/α,β-unsaturated/α-hetero) is 1. The van der Waals surface area contributed by atoms with Gasteiger partial charge in [-0.3, -0.25) is 4.79 Å². The Balaban J connectivity index is 2.39. The Morgan fingerprint density at radius 1 is 1.06 bits per heavy atom. The summed E-state index contributed by atoms with van der Waals surface area (Å²) in [5.41, 5.74) is 2.75. The molecular formula is C16H16O2. The van der Waals surface area contributed by atoms with E-state index in [1.54, 1.807) is 6.92 Å². The average Bonchev–Trinajstić information content (AvgIpc) is 2.40. The molecule has 2 nitrogen and oxygen atoms in total. The molecule has 2 heteroatoms. The molecule has 0 amide bonds. The van der Waals surface area contributed by atoms with Gasteiger partial charge in [-0.25, -0.2) is 0 Å². The maximum atomic E-state index is 11.6. The zero-order valence-electron chi connectivity index (χ0n) is 10.6. The maximum absolute atomic E-state index is 11.6. The molecule has 0 unspecified atom stereocenters. The second-order valence-electron chi connectivity index (χ2n) is 4.06. The molecule has 0 spiro atoms. The summed E-state index contributed by atoms with van der Waals surface area (Å²) in [5, 5.41) is 0. The lowest BCUT2D eigenvalue weighted by Gasteiger charge is -2.08. The van der Waals surface area contributed by atoms with Gasteiger partial charge in [0, 0.05) is 5.56 Å². The molecule has 0 aliphatic rings. The molecule has 0 saturated heterocycles. The zero-order valence-corrected chi connectivity index (χ0v) is 10.6. The van der Waals surface area contributed by atoms with Crippen LogP contribution in [0.25, 0.3) is 11.1 Å². The van der Waals surface area contributed by atoms with E-state index in [9.17, 15) is 4.79 Å². The van der Waals surface area contributed by atoms with Crippen molar-refractivity contribution in [2.45, 2.75) is 13.8 Å². The minimum atomic E-state index is 0.0829. The van der Waals surface area contributed by atoms with Crippen LogP contribution >= 0.6 is 0 Å². The van der Waals surface area contributed by atoms with Gasteiger partial charge in [0.05, 0.1) is 6.61 Å². The monoisotopic (exact) mass is 240 g/mol. The molecule has 0 saturated carbocycles. The number of hydrogen-bond acceptors (Lipinski definition) is 2. The van der Waals surface area contributed by atoms with E-state index in [1.165, 1.54) is 0 Å². The Kier molecular flexibility index (Phi) is 3.78. The van der Waals surface area contributed by atoms with Crippen LogP contribution in [0.3, 0.4) is 0 Å². The van der Waals surface area contributed by atoms with Crippen LogP contribution in [0, 0.1) is 0 Å². The lowest BCUT2D eigenvalue weighted by atomic mass is 9.97. The lowest BCUT2D eigenvalue weighted by molar-refractivity contribution is 0.101. The van der Waals surface area contributed by atoms with Crippen molar-refractivity contribution in [2.24, 2.45) is 0 Å². The van der Waals surface area contributed by atoms with Crippen molar-refractivity contribution in [3.05, 3.63) is 54.1 Å². The van der Waals surface area contributed by atoms with Gasteiger partial charge in [0.25, 0.3) is 0 Å². The summed E-state index contributed by atoms with van der Waals surface area (Å²) in [6, 6.07) is 15.5. The molecule has 0 aliphatic heterocycles. The second kappa shape index (κ2) is 5.50. The highest BCUT2D eigenvalue weighted by Gasteiger charge is 2.08. The summed E-state index contributed by atoms with van der Waals surface area (Å²) in [6.45, 7) is 4.20. The third-order valence-corrected chi connectivity index (χ3v) is 2.78. The van der Waals surface area contributed by atoms with Crippen LogP contribution < -0.4 is 4.74 Å². The van der Waals surface area contributed by atoms with Gasteiger partial charge in [0.15, 0.2) is 5.78 Å². The van der Waals surface area contributed by atoms with Gasteiger partial charge in [0.2, 0.25) is 0 Å². The topological polar surface area (TPSA) is 26.3 Å². The summed E-state index contributed by atoms with van der Waals surface area (Å²) in [4.78, 5) is 11.6. The lowest BCUT2D eigenvalue weighted by Crippen LogP contribution is -1.96. The van der Waals surface area contributed by atoms with E-state index in [0.717, 1.165) is 22.4 Å². The van der Waals surface area contributed by atoms with Gasteiger partial charge in [-0.15, -0.1) is 0 Å². The smallest absolute Gasteiger partial charge is 0.160 e. The van der Waals surface area contributed by atoms with Gasteiger partial charge >= 0.3 is 0 Å². The number of carbonyl (C=O) groups excluding carboxylic acids is 1. The maximum Gasteiger partial charge on any atom is 0.160 e. The van der Waals surface area contributed by atoms with Crippen molar-refractivity contribution in [3.8, 4) is 16.9 Å².